The van der Waals surface area contributed by atoms with Gasteiger partial charge in [0.1, 0.15) is 11.5 Å². The van der Waals surface area contributed by atoms with Crippen LogP contribution >= 0.6 is 12.4 Å². The van der Waals surface area contributed by atoms with E-state index < -0.39 is 29.0 Å². The number of hydrogen-bond donors (Lipinski definition) is 2. The normalized spacial score (nSPS) is 17.2. The monoisotopic (exact) mass is 626 g/mol. The molecule has 2 fully saturated rings. The minimum absolute atomic E-state index is 0. The summed E-state index contributed by atoms with van der Waals surface area (Å²) in [5.41, 5.74) is 7.35. The number of nitrogens with two attached hydrogens (primary N) is 1. The van der Waals surface area contributed by atoms with Gasteiger partial charge in [-0.3, -0.25) is 0 Å². The zero-order chi connectivity index (χ0) is 29.3. The summed E-state index contributed by atoms with van der Waals surface area (Å²) >= 11 is 0. The molecule has 7 nitrogen and oxygen atoms in total. The number of benzene rings is 2. The standard InChI is InChI=1S/C16H23F2NO3S.C12H15F2NO2.ClH/c1-16(2,3)23(20)19-14(10-21-12-7-8-12)11-5-4-6-13(9-11)22-15(17)18;13-12(14)17-10-3-1-2-8(6-10)11(15)7-16-9-4-5-9;/h4-6,9,12,14-15,19H,7-8,10H2,1-3H3;1-3,6,9,11-12H,4-5,7,15H2;1H/t14-,23+;11-;/m00./s1. The van der Waals surface area contributed by atoms with Crippen LogP contribution in [0.4, 0.5) is 17.6 Å². The van der Waals surface area contributed by atoms with Gasteiger partial charge in [-0.15, -0.1) is 12.4 Å². The third-order valence-electron chi connectivity index (χ3n) is 5.86. The van der Waals surface area contributed by atoms with Gasteiger partial charge in [0.2, 0.25) is 0 Å². The lowest BCUT2D eigenvalue weighted by atomic mass is 10.1. The van der Waals surface area contributed by atoms with Crippen LogP contribution in [-0.2, 0) is 20.5 Å². The van der Waals surface area contributed by atoms with E-state index in [-0.39, 0.29) is 42.1 Å². The molecule has 2 aromatic rings. The van der Waals surface area contributed by atoms with Gasteiger partial charge in [0.05, 0.1) is 53.2 Å². The predicted molar refractivity (Wildman–Crippen MR) is 152 cm³/mol. The third kappa shape index (κ3) is 13.7. The first-order valence-electron chi connectivity index (χ1n) is 13.2. The van der Waals surface area contributed by atoms with Gasteiger partial charge in [-0.05, 0) is 81.8 Å². The maximum atomic E-state index is 12.4. The van der Waals surface area contributed by atoms with Crippen LogP contribution < -0.4 is 19.9 Å². The van der Waals surface area contributed by atoms with Crippen LogP contribution in [0.25, 0.3) is 0 Å². The summed E-state index contributed by atoms with van der Waals surface area (Å²) in [7, 11) is -1.30. The van der Waals surface area contributed by atoms with Crippen LogP contribution in [0.5, 0.6) is 11.5 Å². The number of nitrogens with one attached hydrogen (secondary N) is 1. The molecule has 2 aromatic carbocycles. The van der Waals surface area contributed by atoms with E-state index in [2.05, 4.69) is 14.2 Å². The molecule has 2 aliphatic carbocycles. The molecule has 0 amide bonds. The van der Waals surface area contributed by atoms with Crippen molar-refractivity contribution >= 4 is 23.4 Å². The Kier molecular flexibility index (Phi) is 14.3. The van der Waals surface area contributed by atoms with Gasteiger partial charge in [0, 0.05) is 0 Å². The zero-order valence-electron chi connectivity index (χ0n) is 23.3. The second-order valence-corrected chi connectivity index (χ2v) is 12.6. The Bertz CT molecular complexity index is 1090. The molecule has 0 bridgehead atoms. The van der Waals surface area contributed by atoms with Crippen LogP contribution in [-0.4, -0.2) is 47.6 Å². The van der Waals surface area contributed by atoms with Crippen molar-refractivity contribution in [2.24, 2.45) is 5.73 Å². The molecule has 3 N–H and O–H groups in total. The molecule has 0 radical (unpaired) electrons. The lowest BCUT2D eigenvalue weighted by Crippen LogP contribution is -2.37. The molecular weight excluding hydrogens is 588 g/mol. The molecule has 2 aliphatic rings. The smallest absolute Gasteiger partial charge is 0.387 e. The van der Waals surface area contributed by atoms with Crippen molar-refractivity contribution in [1.29, 1.82) is 0 Å². The second kappa shape index (κ2) is 16.6. The van der Waals surface area contributed by atoms with Crippen LogP contribution in [0.2, 0.25) is 0 Å². The highest BCUT2D eigenvalue weighted by atomic mass is 35.5. The van der Waals surface area contributed by atoms with E-state index in [4.69, 9.17) is 15.2 Å². The Balaban J connectivity index is 0.000000292. The molecule has 0 aromatic heterocycles. The van der Waals surface area contributed by atoms with E-state index in [1.54, 1.807) is 24.3 Å². The minimum atomic E-state index is -2.87. The molecule has 0 spiro atoms. The summed E-state index contributed by atoms with van der Waals surface area (Å²) in [5, 5.41) is 0. The fraction of sp³-hybridized carbons (Fsp3) is 0.571. The largest absolute Gasteiger partial charge is 0.435 e. The molecule has 232 valence electrons. The van der Waals surface area contributed by atoms with E-state index in [1.165, 1.54) is 24.3 Å². The van der Waals surface area contributed by atoms with Crippen LogP contribution in [0.3, 0.4) is 0 Å². The average molecular weight is 627 g/mol. The van der Waals surface area contributed by atoms with Gasteiger partial charge in [-0.1, -0.05) is 24.3 Å². The van der Waals surface area contributed by atoms with E-state index >= 15 is 0 Å². The number of alkyl halides is 4. The first-order valence-corrected chi connectivity index (χ1v) is 14.3. The first-order chi connectivity index (χ1) is 18.9. The van der Waals surface area contributed by atoms with Gasteiger partial charge >= 0.3 is 13.2 Å². The highest BCUT2D eigenvalue weighted by Gasteiger charge is 2.28. The molecule has 0 heterocycles. The predicted octanol–water partition coefficient (Wildman–Crippen LogP) is 6.45. The van der Waals surface area contributed by atoms with Gasteiger partial charge in [-0.25, -0.2) is 8.93 Å². The highest BCUT2D eigenvalue weighted by Crippen LogP contribution is 2.28. The van der Waals surface area contributed by atoms with Crippen molar-refractivity contribution in [2.45, 2.75) is 88.7 Å². The van der Waals surface area contributed by atoms with Gasteiger partial charge in [0.25, 0.3) is 0 Å². The average Bonchev–Trinajstić information content (AvgIpc) is 3.80. The molecule has 13 heteroatoms. The maximum absolute atomic E-state index is 12.4. The molecule has 4 rings (SSSR count). The molecule has 0 saturated heterocycles. The number of rotatable bonds is 14. The van der Waals surface area contributed by atoms with E-state index in [9.17, 15) is 21.8 Å². The number of hydrogen-bond acceptors (Lipinski definition) is 6. The SMILES string of the molecule is CC(C)(C)[S@@](=O)N[C@@H](COC1CC1)c1cccc(OC(F)F)c1.Cl.N[C@@H](COC1CC1)c1cccc(OC(F)F)c1. The Morgan fingerprint density at radius 2 is 1.32 bits per heavy atom. The number of halogens is 5. The molecule has 2 saturated carbocycles. The minimum Gasteiger partial charge on any atom is -0.435 e. The zero-order valence-corrected chi connectivity index (χ0v) is 24.9. The van der Waals surface area contributed by atoms with E-state index in [1.807, 2.05) is 20.8 Å². The second-order valence-electron chi connectivity index (χ2n) is 10.6. The summed E-state index contributed by atoms with van der Waals surface area (Å²) in [4.78, 5) is 0. The maximum Gasteiger partial charge on any atom is 0.387 e. The lowest BCUT2D eigenvalue weighted by Gasteiger charge is -2.25. The molecule has 0 aliphatic heterocycles. The highest BCUT2D eigenvalue weighted by molar-refractivity contribution is 7.84. The topological polar surface area (TPSA) is 92.0 Å². The summed E-state index contributed by atoms with van der Waals surface area (Å²) in [6.45, 7) is 0.655. The molecule has 0 unspecified atom stereocenters. The Labute approximate surface area is 247 Å². The summed E-state index contributed by atoms with van der Waals surface area (Å²) in [6, 6.07) is 12.2. The van der Waals surface area contributed by atoms with Gasteiger partial charge < -0.3 is 24.7 Å². The van der Waals surface area contributed by atoms with Crippen LogP contribution in [0.1, 0.15) is 69.7 Å². The Hall–Kier alpha value is -1.96. The molecule has 3 atom stereocenters. The van der Waals surface area contributed by atoms with Gasteiger partial charge in [-0.2, -0.15) is 17.6 Å². The van der Waals surface area contributed by atoms with Crippen molar-refractivity contribution in [1.82, 2.24) is 4.72 Å². The van der Waals surface area contributed by atoms with Crippen molar-refractivity contribution in [3.8, 4) is 11.5 Å². The van der Waals surface area contributed by atoms with E-state index in [0.29, 0.717) is 24.9 Å². The first kappa shape index (κ1) is 35.2. The fourth-order valence-corrected chi connectivity index (χ4v) is 4.19. The van der Waals surface area contributed by atoms with Crippen molar-refractivity contribution in [3.63, 3.8) is 0 Å². The third-order valence-corrected chi connectivity index (χ3v) is 7.47. The van der Waals surface area contributed by atoms with Crippen LogP contribution in [0, 0.1) is 0 Å². The summed E-state index contributed by atoms with van der Waals surface area (Å²) in [6.07, 6.45) is 4.82. The Morgan fingerprint density at radius 1 is 0.854 bits per heavy atom. The fourth-order valence-electron chi connectivity index (χ4n) is 3.37. The molecule has 41 heavy (non-hydrogen) atoms. The summed E-state index contributed by atoms with van der Waals surface area (Å²) < 4.78 is 83.7. The van der Waals surface area contributed by atoms with Gasteiger partial charge in [0.15, 0.2) is 0 Å². The lowest BCUT2D eigenvalue weighted by molar-refractivity contribution is -0.0506. The van der Waals surface area contributed by atoms with Crippen molar-refractivity contribution in [3.05, 3.63) is 59.7 Å². The summed E-state index contributed by atoms with van der Waals surface area (Å²) in [5.74, 6) is 0.205. The Morgan fingerprint density at radius 3 is 1.78 bits per heavy atom. The van der Waals surface area contributed by atoms with E-state index in [0.717, 1.165) is 31.2 Å². The van der Waals surface area contributed by atoms with Crippen molar-refractivity contribution < 1.29 is 40.7 Å². The number of ether oxygens (including phenoxy) is 4. The van der Waals surface area contributed by atoms with Crippen LogP contribution in [0.15, 0.2) is 48.5 Å². The van der Waals surface area contributed by atoms with Crippen molar-refractivity contribution in [2.75, 3.05) is 13.2 Å². The quantitative estimate of drug-likeness (QED) is 0.234. The molecular formula is C28H39ClF4N2O5S.